The molecule has 0 aliphatic carbocycles. The number of benzene rings is 1. The van der Waals surface area contributed by atoms with E-state index in [1.165, 1.54) is 11.1 Å². The summed E-state index contributed by atoms with van der Waals surface area (Å²) in [4.78, 5) is 35.0. The second-order valence-electron chi connectivity index (χ2n) is 9.20. The molecule has 2 unspecified atom stereocenters. The number of hydroxylamine groups is 2. The lowest BCUT2D eigenvalue weighted by atomic mass is 9.93. The van der Waals surface area contributed by atoms with Crippen molar-refractivity contribution in [3.63, 3.8) is 0 Å². The smallest absolute Gasteiger partial charge is 0.260 e. The average molecular weight is 460 g/mol. The van der Waals surface area contributed by atoms with Crippen LogP contribution in [0.25, 0.3) is 0 Å². The second-order valence-corrected chi connectivity index (χ2v) is 9.20. The summed E-state index contributed by atoms with van der Waals surface area (Å²) in [6, 6.07) is 6.82. The first-order chi connectivity index (χ1) is 16.0. The Balaban J connectivity index is 1.72. The summed E-state index contributed by atoms with van der Waals surface area (Å²) in [6.45, 7) is 12.3. The Kier molecular flexibility index (Phi) is 9.56. The van der Waals surface area contributed by atoms with Crippen molar-refractivity contribution in [2.75, 3.05) is 45.9 Å². The van der Waals surface area contributed by atoms with Crippen LogP contribution in [0.4, 0.5) is 0 Å². The molecule has 2 aliphatic heterocycles. The standard InChI is InChI=1S/C26H41N3O4/c1-5-12-29(33-14-6-2)26(31)19-28-18-23(17-24(28)10-13-27(7-3)20(4)30)21-8-9-25-22(16-21)11-15-32-25/h8-9,16,23-24H,5-7,10-15,17-19H2,1-4H3. The molecule has 1 aromatic rings. The van der Waals surface area contributed by atoms with Gasteiger partial charge in [0.1, 0.15) is 5.75 Å². The van der Waals surface area contributed by atoms with Gasteiger partial charge in [0.25, 0.3) is 5.91 Å². The van der Waals surface area contributed by atoms with E-state index in [0.717, 1.165) is 57.6 Å². The molecule has 1 fully saturated rings. The lowest BCUT2D eigenvalue weighted by Gasteiger charge is -2.29. The Morgan fingerprint density at radius 2 is 2.00 bits per heavy atom. The van der Waals surface area contributed by atoms with Gasteiger partial charge in [-0.3, -0.25) is 19.3 Å². The number of hydrogen-bond acceptors (Lipinski definition) is 5. The summed E-state index contributed by atoms with van der Waals surface area (Å²) in [7, 11) is 0. The van der Waals surface area contributed by atoms with Crippen molar-refractivity contribution in [1.29, 1.82) is 0 Å². The Labute approximate surface area is 199 Å². The summed E-state index contributed by atoms with van der Waals surface area (Å²) in [5.74, 6) is 1.51. The number of carbonyl (C=O) groups excluding carboxylic acids is 2. The molecule has 0 bridgehead atoms. The van der Waals surface area contributed by atoms with Gasteiger partial charge in [-0.1, -0.05) is 26.0 Å². The van der Waals surface area contributed by atoms with Crippen LogP contribution in [0.15, 0.2) is 18.2 Å². The molecule has 0 spiro atoms. The fourth-order valence-electron chi connectivity index (χ4n) is 4.94. The van der Waals surface area contributed by atoms with Gasteiger partial charge in [0.2, 0.25) is 5.91 Å². The van der Waals surface area contributed by atoms with E-state index in [-0.39, 0.29) is 17.9 Å². The fraction of sp³-hybridized carbons (Fsp3) is 0.692. The van der Waals surface area contributed by atoms with E-state index in [0.29, 0.717) is 32.2 Å². The molecule has 0 radical (unpaired) electrons. The molecule has 2 amide bonds. The second kappa shape index (κ2) is 12.4. The summed E-state index contributed by atoms with van der Waals surface area (Å²) in [5.41, 5.74) is 2.61. The Hall–Kier alpha value is -2.12. The molecule has 0 N–H and O–H groups in total. The fourth-order valence-corrected chi connectivity index (χ4v) is 4.94. The Morgan fingerprint density at radius 1 is 1.18 bits per heavy atom. The van der Waals surface area contributed by atoms with E-state index in [1.807, 2.05) is 18.7 Å². The Morgan fingerprint density at radius 3 is 2.70 bits per heavy atom. The van der Waals surface area contributed by atoms with Crippen LogP contribution in [-0.2, 0) is 20.8 Å². The quantitative estimate of drug-likeness (QED) is 0.447. The summed E-state index contributed by atoms with van der Waals surface area (Å²) >= 11 is 0. The van der Waals surface area contributed by atoms with E-state index in [9.17, 15) is 9.59 Å². The van der Waals surface area contributed by atoms with Crippen molar-refractivity contribution in [1.82, 2.24) is 14.9 Å². The average Bonchev–Trinajstić information content (AvgIpc) is 3.43. The van der Waals surface area contributed by atoms with Crippen LogP contribution in [0.5, 0.6) is 5.75 Å². The van der Waals surface area contributed by atoms with Gasteiger partial charge in [-0.15, -0.1) is 0 Å². The number of amides is 2. The number of hydrogen-bond donors (Lipinski definition) is 0. The molecule has 0 saturated carbocycles. The van der Waals surface area contributed by atoms with Crippen molar-refractivity contribution in [2.45, 2.75) is 71.8 Å². The molecule has 0 aromatic heterocycles. The van der Waals surface area contributed by atoms with E-state index >= 15 is 0 Å². The van der Waals surface area contributed by atoms with Gasteiger partial charge in [-0.25, -0.2) is 5.06 Å². The zero-order valence-electron chi connectivity index (χ0n) is 20.8. The first kappa shape index (κ1) is 25.5. The van der Waals surface area contributed by atoms with Gasteiger partial charge >= 0.3 is 0 Å². The zero-order chi connectivity index (χ0) is 23.8. The van der Waals surface area contributed by atoms with Gasteiger partial charge in [0.05, 0.1) is 19.8 Å². The van der Waals surface area contributed by atoms with Crippen LogP contribution >= 0.6 is 0 Å². The van der Waals surface area contributed by atoms with E-state index in [1.54, 1.807) is 12.0 Å². The lowest BCUT2D eigenvalue weighted by Crippen LogP contribution is -2.43. The van der Waals surface area contributed by atoms with Gasteiger partial charge in [0, 0.05) is 45.6 Å². The SMILES string of the molecule is CCCON(CCC)C(=O)CN1CC(c2ccc3c(c2)CCO3)CC1CCN(CC)C(C)=O. The molecule has 184 valence electrons. The molecular formula is C26H41N3O4. The van der Waals surface area contributed by atoms with Crippen molar-refractivity contribution >= 4 is 11.8 Å². The number of carbonyl (C=O) groups is 2. The highest BCUT2D eigenvalue weighted by Gasteiger charge is 2.35. The molecule has 7 nitrogen and oxygen atoms in total. The van der Waals surface area contributed by atoms with Gasteiger partial charge < -0.3 is 9.64 Å². The molecule has 3 rings (SSSR count). The number of likely N-dealkylation sites (tertiary alicyclic amines) is 1. The van der Waals surface area contributed by atoms with E-state index in [2.05, 4.69) is 30.0 Å². The summed E-state index contributed by atoms with van der Waals surface area (Å²) < 4.78 is 5.68. The summed E-state index contributed by atoms with van der Waals surface area (Å²) in [6.07, 6.45) is 4.57. The molecule has 1 aromatic carbocycles. The lowest BCUT2D eigenvalue weighted by molar-refractivity contribution is -0.188. The maximum absolute atomic E-state index is 13.1. The minimum atomic E-state index is 0.0252. The van der Waals surface area contributed by atoms with Crippen LogP contribution in [0, 0.1) is 0 Å². The first-order valence-corrected chi connectivity index (χ1v) is 12.6. The third-order valence-corrected chi connectivity index (χ3v) is 6.77. The van der Waals surface area contributed by atoms with Crippen molar-refractivity contribution in [3.05, 3.63) is 29.3 Å². The molecule has 2 heterocycles. The van der Waals surface area contributed by atoms with Crippen molar-refractivity contribution in [2.24, 2.45) is 0 Å². The highest BCUT2D eigenvalue weighted by molar-refractivity contribution is 5.77. The minimum absolute atomic E-state index is 0.0252. The number of nitrogens with zero attached hydrogens (tertiary/aromatic N) is 3. The molecular weight excluding hydrogens is 418 g/mol. The molecule has 1 saturated heterocycles. The topological polar surface area (TPSA) is 62.3 Å². The molecule has 33 heavy (non-hydrogen) atoms. The zero-order valence-corrected chi connectivity index (χ0v) is 20.8. The maximum Gasteiger partial charge on any atom is 0.260 e. The number of ether oxygens (including phenoxy) is 1. The van der Waals surface area contributed by atoms with Crippen LogP contribution in [0.2, 0.25) is 0 Å². The highest BCUT2D eigenvalue weighted by atomic mass is 16.7. The third-order valence-electron chi connectivity index (χ3n) is 6.77. The molecule has 2 atom stereocenters. The van der Waals surface area contributed by atoms with Crippen LogP contribution < -0.4 is 4.74 Å². The maximum atomic E-state index is 13.1. The number of rotatable bonds is 12. The molecule has 7 heteroatoms. The highest BCUT2D eigenvalue weighted by Crippen LogP contribution is 2.36. The van der Waals surface area contributed by atoms with Crippen LogP contribution in [-0.4, -0.2) is 78.7 Å². The molecule has 2 aliphatic rings. The normalized spacial score (nSPS) is 19.9. The van der Waals surface area contributed by atoms with Gasteiger partial charge in [-0.05, 0) is 55.7 Å². The third kappa shape index (κ3) is 6.70. The van der Waals surface area contributed by atoms with Crippen molar-refractivity contribution in [3.8, 4) is 5.75 Å². The van der Waals surface area contributed by atoms with Crippen molar-refractivity contribution < 1.29 is 19.2 Å². The first-order valence-electron chi connectivity index (χ1n) is 12.6. The van der Waals surface area contributed by atoms with Crippen LogP contribution in [0.1, 0.15) is 70.4 Å². The summed E-state index contributed by atoms with van der Waals surface area (Å²) in [5, 5.41) is 1.55. The van der Waals surface area contributed by atoms with E-state index < -0.39 is 0 Å². The predicted molar refractivity (Wildman–Crippen MR) is 129 cm³/mol. The largest absolute Gasteiger partial charge is 0.493 e. The Bertz CT molecular complexity index is 800. The number of fused-ring (bicyclic) bond motifs is 1. The van der Waals surface area contributed by atoms with E-state index in [4.69, 9.17) is 9.57 Å². The van der Waals surface area contributed by atoms with Gasteiger partial charge in [0.15, 0.2) is 0 Å². The predicted octanol–water partition coefficient (Wildman–Crippen LogP) is 3.62. The minimum Gasteiger partial charge on any atom is -0.493 e. The van der Waals surface area contributed by atoms with Crippen LogP contribution in [0.3, 0.4) is 0 Å². The van der Waals surface area contributed by atoms with Gasteiger partial charge in [-0.2, -0.15) is 0 Å². The monoisotopic (exact) mass is 459 g/mol.